The number of sulfonamides is 1. The van der Waals surface area contributed by atoms with Gasteiger partial charge in [-0.15, -0.1) is 0 Å². The number of hydrogen-bond acceptors (Lipinski definition) is 3. The molecule has 0 heterocycles. The van der Waals surface area contributed by atoms with E-state index < -0.39 is 10.0 Å². The summed E-state index contributed by atoms with van der Waals surface area (Å²) in [5.41, 5.74) is 1.10. The van der Waals surface area contributed by atoms with Gasteiger partial charge in [-0.25, -0.2) is 8.42 Å². The topological polar surface area (TPSA) is 66.5 Å². The second kappa shape index (κ2) is 8.67. The first-order valence-electron chi connectivity index (χ1n) is 8.99. The molecule has 6 heteroatoms. The second-order valence-corrected chi connectivity index (χ2v) is 9.54. The van der Waals surface area contributed by atoms with Crippen LogP contribution < -0.4 is 5.32 Å². The third kappa shape index (κ3) is 5.65. The minimum Gasteiger partial charge on any atom is -0.352 e. The van der Waals surface area contributed by atoms with Crippen molar-refractivity contribution in [2.45, 2.75) is 43.5 Å². The molecule has 5 nitrogen and oxygen atoms in total. The fraction of sp³-hybridized carbons (Fsp3) is 0.381. The lowest BCUT2D eigenvalue weighted by Gasteiger charge is -2.29. The molecule has 2 aromatic carbocycles. The van der Waals surface area contributed by atoms with Crippen LogP contribution in [0.3, 0.4) is 0 Å². The van der Waals surface area contributed by atoms with Crippen LogP contribution in [0.5, 0.6) is 0 Å². The number of hydrogen-bond donors (Lipinski definition) is 1. The Morgan fingerprint density at radius 2 is 1.56 bits per heavy atom. The van der Waals surface area contributed by atoms with Crippen molar-refractivity contribution in [2.24, 2.45) is 0 Å². The van der Waals surface area contributed by atoms with Crippen LogP contribution >= 0.6 is 0 Å². The van der Waals surface area contributed by atoms with Gasteiger partial charge in [0.1, 0.15) is 0 Å². The van der Waals surface area contributed by atoms with Gasteiger partial charge >= 0.3 is 0 Å². The average molecular weight is 389 g/mol. The zero-order valence-electron chi connectivity index (χ0n) is 16.3. The molecule has 0 spiro atoms. The molecule has 0 unspecified atom stereocenters. The summed E-state index contributed by atoms with van der Waals surface area (Å²) in [6.07, 6.45) is 0.748. The third-order valence-corrected chi connectivity index (χ3v) is 6.41. The lowest BCUT2D eigenvalue weighted by Crippen LogP contribution is -2.43. The van der Waals surface area contributed by atoms with Gasteiger partial charge in [-0.1, -0.05) is 62.4 Å². The van der Waals surface area contributed by atoms with Crippen LogP contribution in [0.1, 0.15) is 32.8 Å². The normalized spacial score (nSPS) is 13.4. The van der Waals surface area contributed by atoms with Crippen molar-refractivity contribution in [1.29, 1.82) is 0 Å². The Balaban J connectivity index is 1.95. The zero-order chi connectivity index (χ0) is 20.1. The molecule has 146 valence electrons. The van der Waals surface area contributed by atoms with E-state index in [1.807, 2.05) is 25.1 Å². The van der Waals surface area contributed by atoms with Crippen LogP contribution in [0.2, 0.25) is 0 Å². The standard InChI is InChI=1S/C21H28N2O3S/c1-17(15-21(2,3)18-11-7-5-8-12-18)22-20(24)16-23(4)27(25,26)19-13-9-6-10-14-19/h5-14,17H,15-16H2,1-4H3,(H,22,24)/t17-/m0/s1. The molecule has 1 atom stereocenters. The van der Waals surface area contributed by atoms with E-state index in [2.05, 4.69) is 31.3 Å². The Morgan fingerprint density at radius 3 is 2.11 bits per heavy atom. The highest BCUT2D eigenvalue weighted by Crippen LogP contribution is 2.28. The minimum absolute atomic E-state index is 0.0828. The van der Waals surface area contributed by atoms with Gasteiger partial charge in [0, 0.05) is 13.1 Å². The van der Waals surface area contributed by atoms with E-state index in [0.29, 0.717) is 0 Å². The summed E-state index contributed by atoms with van der Waals surface area (Å²) in [5, 5.41) is 2.92. The first kappa shape index (κ1) is 21.1. The van der Waals surface area contributed by atoms with E-state index in [0.717, 1.165) is 10.7 Å². The van der Waals surface area contributed by atoms with Crippen LogP contribution in [0.25, 0.3) is 0 Å². The largest absolute Gasteiger partial charge is 0.352 e. The highest BCUT2D eigenvalue weighted by molar-refractivity contribution is 7.89. The Bertz CT molecular complexity index is 850. The third-order valence-electron chi connectivity index (χ3n) is 4.60. The summed E-state index contributed by atoms with van der Waals surface area (Å²) in [6, 6.07) is 18.2. The molecule has 2 rings (SSSR count). The number of carbonyl (C=O) groups excluding carboxylic acids is 1. The van der Waals surface area contributed by atoms with Gasteiger partial charge in [-0.3, -0.25) is 4.79 Å². The maximum absolute atomic E-state index is 12.5. The SMILES string of the molecule is C[C@@H](CC(C)(C)c1ccccc1)NC(=O)CN(C)S(=O)(=O)c1ccccc1. The van der Waals surface area contributed by atoms with Gasteiger partial charge in [0.25, 0.3) is 0 Å². The predicted octanol–water partition coefficient (Wildman–Crippen LogP) is 3.18. The molecule has 0 aliphatic heterocycles. The van der Waals surface area contributed by atoms with E-state index >= 15 is 0 Å². The van der Waals surface area contributed by atoms with E-state index in [1.165, 1.54) is 24.7 Å². The Labute approximate surface area is 162 Å². The molecule has 0 fully saturated rings. The maximum Gasteiger partial charge on any atom is 0.243 e. The van der Waals surface area contributed by atoms with Crippen LogP contribution in [0.4, 0.5) is 0 Å². The molecule has 0 saturated heterocycles. The molecule has 0 aliphatic rings. The van der Waals surface area contributed by atoms with Crippen LogP contribution in [-0.4, -0.2) is 38.3 Å². The van der Waals surface area contributed by atoms with Crippen molar-refractivity contribution >= 4 is 15.9 Å². The quantitative estimate of drug-likeness (QED) is 0.755. The van der Waals surface area contributed by atoms with E-state index in [4.69, 9.17) is 0 Å². The Hall–Kier alpha value is -2.18. The lowest BCUT2D eigenvalue weighted by molar-refractivity contribution is -0.121. The summed E-state index contributed by atoms with van der Waals surface area (Å²) in [4.78, 5) is 12.5. The van der Waals surface area contributed by atoms with Gasteiger partial charge in [-0.05, 0) is 36.5 Å². The first-order valence-corrected chi connectivity index (χ1v) is 10.4. The van der Waals surface area contributed by atoms with E-state index in [1.54, 1.807) is 18.2 Å². The lowest BCUT2D eigenvalue weighted by atomic mass is 9.79. The highest BCUT2D eigenvalue weighted by Gasteiger charge is 2.26. The van der Waals surface area contributed by atoms with Gasteiger partial charge < -0.3 is 5.32 Å². The molecule has 2 aromatic rings. The van der Waals surface area contributed by atoms with E-state index in [9.17, 15) is 13.2 Å². The summed E-state index contributed by atoms with van der Waals surface area (Å²) >= 11 is 0. The second-order valence-electron chi connectivity index (χ2n) is 7.50. The number of nitrogens with one attached hydrogen (secondary N) is 1. The molecule has 0 saturated carbocycles. The maximum atomic E-state index is 12.5. The van der Waals surface area contributed by atoms with Crippen LogP contribution in [-0.2, 0) is 20.2 Å². The summed E-state index contributed by atoms with van der Waals surface area (Å²) < 4.78 is 26.1. The van der Waals surface area contributed by atoms with Crippen molar-refractivity contribution < 1.29 is 13.2 Å². The molecular weight excluding hydrogens is 360 g/mol. The summed E-state index contributed by atoms with van der Waals surface area (Å²) in [5.74, 6) is -0.312. The fourth-order valence-electron chi connectivity index (χ4n) is 3.20. The molecule has 0 aliphatic carbocycles. The number of benzene rings is 2. The van der Waals surface area contributed by atoms with Gasteiger partial charge in [-0.2, -0.15) is 4.31 Å². The number of nitrogens with zero attached hydrogens (tertiary/aromatic N) is 1. The van der Waals surface area contributed by atoms with Gasteiger partial charge in [0.15, 0.2) is 0 Å². The summed E-state index contributed by atoms with van der Waals surface area (Å²) in [7, 11) is -2.26. The van der Waals surface area contributed by atoms with Crippen LogP contribution in [0.15, 0.2) is 65.6 Å². The van der Waals surface area contributed by atoms with Crippen molar-refractivity contribution in [3.63, 3.8) is 0 Å². The van der Waals surface area contributed by atoms with Crippen molar-refractivity contribution in [2.75, 3.05) is 13.6 Å². The minimum atomic E-state index is -3.68. The van der Waals surface area contributed by atoms with Crippen molar-refractivity contribution in [3.05, 3.63) is 66.2 Å². The van der Waals surface area contributed by atoms with Crippen LogP contribution in [0, 0.1) is 0 Å². The molecule has 0 bridgehead atoms. The number of likely N-dealkylation sites (N-methyl/N-ethyl adjacent to an activating group) is 1. The van der Waals surface area contributed by atoms with Gasteiger partial charge in [0.05, 0.1) is 11.4 Å². The van der Waals surface area contributed by atoms with Crippen molar-refractivity contribution in [1.82, 2.24) is 9.62 Å². The first-order chi connectivity index (χ1) is 12.6. The smallest absolute Gasteiger partial charge is 0.243 e. The molecule has 1 N–H and O–H groups in total. The monoisotopic (exact) mass is 388 g/mol. The zero-order valence-corrected chi connectivity index (χ0v) is 17.2. The molecule has 0 radical (unpaired) electrons. The number of amides is 1. The molecule has 0 aromatic heterocycles. The molecule has 27 heavy (non-hydrogen) atoms. The molecular formula is C21H28N2O3S. The van der Waals surface area contributed by atoms with Gasteiger partial charge in [0.2, 0.25) is 15.9 Å². The molecule has 1 amide bonds. The van der Waals surface area contributed by atoms with Crippen molar-refractivity contribution in [3.8, 4) is 0 Å². The number of rotatable bonds is 8. The predicted molar refractivity (Wildman–Crippen MR) is 108 cm³/mol. The van der Waals surface area contributed by atoms with E-state index in [-0.39, 0.29) is 28.8 Å². The summed E-state index contributed by atoms with van der Waals surface area (Å²) in [6.45, 7) is 6.00. The Morgan fingerprint density at radius 1 is 1.04 bits per heavy atom. The highest BCUT2D eigenvalue weighted by atomic mass is 32.2. The fourth-order valence-corrected chi connectivity index (χ4v) is 4.35. The average Bonchev–Trinajstić information content (AvgIpc) is 2.62. The Kier molecular flexibility index (Phi) is 6.78. The number of carbonyl (C=O) groups is 1.